The van der Waals surface area contributed by atoms with Gasteiger partial charge in [-0.25, -0.2) is 9.48 Å². The van der Waals surface area contributed by atoms with E-state index in [0.29, 0.717) is 13.1 Å². The summed E-state index contributed by atoms with van der Waals surface area (Å²) < 4.78 is 1.40. The summed E-state index contributed by atoms with van der Waals surface area (Å²) in [5.41, 5.74) is 5.70. The summed E-state index contributed by atoms with van der Waals surface area (Å²) in [5.74, 6) is -1.03. The first-order valence-electron chi connectivity index (χ1n) is 6.73. The van der Waals surface area contributed by atoms with Gasteiger partial charge >= 0.3 is 5.97 Å². The minimum atomic E-state index is -1.11. The highest BCUT2D eigenvalue weighted by molar-refractivity contribution is 5.84. The molecule has 4 N–H and O–H groups in total. The van der Waals surface area contributed by atoms with Gasteiger partial charge in [-0.3, -0.25) is 4.79 Å². The molecule has 20 heavy (non-hydrogen) atoms. The van der Waals surface area contributed by atoms with Gasteiger partial charge in [0.15, 0.2) is 5.69 Å². The lowest BCUT2D eigenvalue weighted by molar-refractivity contribution is -0.126. The first-order chi connectivity index (χ1) is 9.56. The minimum Gasteiger partial charge on any atom is -0.476 e. The SMILES string of the molecule is NC1CCC(C(=O)NCCn2cc(C(=O)O)nn2)CC1. The lowest BCUT2D eigenvalue weighted by Crippen LogP contribution is -2.37. The zero-order chi connectivity index (χ0) is 14.5. The van der Waals surface area contributed by atoms with E-state index in [1.165, 1.54) is 10.9 Å². The number of hydrogen-bond acceptors (Lipinski definition) is 5. The van der Waals surface area contributed by atoms with Crippen LogP contribution in [0.25, 0.3) is 0 Å². The molecule has 2 rings (SSSR count). The van der Waals surface area contributed by atoms with Crippen LogP contribution in [0.4, 0.5) is 0 Å². The molecule has 0 spiro atoms. The maximum Gasteiger partial charge on any atom is 0.358 e. The zero-order valence-corrected chi connectivity index (χ0v) is 11.2. The van der Waals surface area contributed by atoms with Gasteiger partial charge in [0, 0.05) is 18.5 Å². The summed E-state index contributed by atoms with van der Waals surface area (Å²) in [6.45, 7) is 0.808. The summed E-state index contributed by atoms with van der Waals surface area (Å²) in [5, 5.41) is 18.7. The van der Waals surface area contributed by atoms with Crippen molar-refractivity contribution in [2.24, 2.45) is 11.7 Å². The molecular formula is C12H19N5O3. The van der Waals surface area contributed by atoms with Gasteiger partial charge in [-0.2, -0.15) is 0 Å². The van der Waals surface area contributed by atoms with Crippen LogP contribution in [0, 0.1) is 5.92 Å². The number of aromatic carboxylic acids is 1. The Balaban J connectivity index is 1.72. The van der Waals surface area contributed by atoms with E-state index in [2.05, 4.69) is 15.6 Å². The normalized spacial score (nSPS) is 22.4. The molecule has 1 amide bonds. The first-order valence-corrected chi connectivity index (χ1v) is 6.73. The van der Waals surface area contributed by atoms with Crippen molar-refractivity contribution in [1.82, 2.24) is 20.3 Å². The molecule has 0 saturated heterocycles. The molecule has 1 saturated carbocycles. The second-order valence-corrected chi connectivity index (χ2v) is 5.07. The molecule has 1 aliphatic rings. The molecular weight excluding hydrogens is 262 g/mol. The Hall–Kier alpha value is -1.96. The van der Waals surface area contributed by atoms with Crippen LogP contribution >= 0.6 is 0 Å². The highest BCUT2D eigenvalue weighted by atomic mass is 16.4. The Morgan fingerprint density at radius 1 is 1.40 bits per heavy atom. The number of amides is 1. The fourth-order valence-corrected chi connectivity index (χ4v) is 2.33. The summed E-state index contributed by atoms with van der Waals surface area (Å²) in [7, 11) is 0. The monoisotopic (exact) mass is 281 g/mol. The standard InChI is InChI=1S/C12H19N5O3/c13-9-3-1-8(2-4-9)11(18)14-5-6-17-7-10(12(19)20)15-16-17/h7-9H,1-6,13H2,(H,14,18)(H,19,20). The van der Waals surface area contributed by atoms with Crippen molar-refractivity contribution in [2.45, 2.75) is 38.3 Å². The van der Waals surface area contributed by atoms with E-state index in [4.69, 9.17) is 10.8 Å². The second-order valence-electron chi connectivity index (χ2n) is 5.07. The lowest BCUT2D eigenvalue weighted by Gasteiger charge is -2.25. The molecule has 8 heteroatoms. The van der Waals surface area contributed by atoms with Crippen LogP contribution in [0.2, 0.25) is 0 Å². The van der Waals surface area contributed by atoms with E-state index in [-0.39, 0.29) is 23.6 Å². The van der Waals surface area contributed by atoms with Crippen LogP contribution in [0.3, 0.4) is 0 Å². The van der Waals surface area contributed by atoms with Crippen LogP contribution in [0.1, 0.15) is 36.2 Å². The maximum absolute atomic E-state index is 11.9. The zero-order valence-electron chi connectivity index (χ0n) is 11.2. The van der Waals surface area contributed by atoms with Gasteiger partial charge in [-0.1, -0.05) is 5.21 Å². The van der Waals surface area contributed by atoms with Gasteiger partial charge in [0.1, 0.15) is 0 Å². The van der Waals surface area contributed by atoms with E-state index < -0.39 is 5.97 Å². The average molecular weight is 281 g/mol. The largest absolute Gasteiger partial charge is 0.476 e. The number of aromatic nitrogens is 3. The third-order valence-corrected chi connectivity index (χ3v) is 3.54. The number of nitrogens with zero attached hydrogens (tertiary/aromatic N) is 3. The number of carboxylic acids is 1. The molecule has 0 unspecified atom stereocenters. The molecule has 1 heterocycles. The molecule has 1 aliphatic carbocycles. The number of rotatable bonds is 5. The number of carbonyl (C=O) groups excluding carboxylic acids is 1. The molecule has 110 valence electrons. The van der Waals surface area contributed by atoms with Crippen molar-refractivity contribution in [1.29, 1.82) is 0 Å². The third-order valence-electron chi connectivity index (χ3n) is 3.54. The fraction of sp³-hybridized carbons (Fsp3) is 0.667. The molecule has 0 aliphatic heterocycles. The predicted molar refractivity (Wildman–Crippen MR) is 69.9 cm³/mol. The summed E-state index contributed by atoms with van der Waals surface area (Å²) in [4.78, 5) is 22.6. The number of nitrogens with two attached hydrogens (primary N) is 1. The van der Waals surface area contributed by atoms with E-state index in [1.54, 1.807) is 0 Å². The van der Waals surface area contributed by atoms with Crippen LogP contribution in [-0.2, 0) is 11.3 Å². The Morgan fingerprint density at radius 2 is 2.10 bits per heavy atom. The molecule has 0 bridgehead atoms. The van der Waals surface area contributed by atoms with E-state index in [9.17, 15) is 9.59 Å². The molecule has 8 nitrogen and oxygen atoms in total. The van der Waals surface area contributed by atoms with Crippen molar-refractivity contribution in [2.75, 3.05) is 6.54 Å². The van der Waals surface area contributed by atoms with E-state index >= 15 is 0 Å². The third kappa shape index (κ3) is 3.77. The smallest absolute Gasteiger partial charge is 0.358 e. The molecule has 1 fully saturated rings. The quantitative estimate of drug-likeness (QED) is 0.675. The number of carbonyl (C=O) groups is 2. The van der Waals surface area contributed by atoms with Crippen molar-refractivity contribution in [3.8, 4) is 0 Å². The lowest BCUT2D eigenvalue weighted by atomic mass is 9.86. The van der Waals surface area contributed by atoms with E-state index in [1.807, 2.05) is 0 Å². The van der Waals surface area contributed by atoms with Crippen LogP contribution in [0.5, 0.6) is 0 Å². The van der Waals surface area contributed by atoms with Crippen LogP contribution in [-0.4, -0.2) is 44.6 Å². The first kappa shape index (κ1) is 14.4. The maximum atomic E-state index is 11.9. The van der Waals surface area contributed by atoms with Gasteiger partial charge in [-0.15, -0.1) is 5.10 Å². The van der Waals surface area contributed by atoms with Crippen LogP contribution < -0.4 is 11.1 Å². The summed E-state index contributed by atoms with van der Waals surface area (Å²) in [6.07, 6.45) is 4.79. The van der Waals surface area contributed by atoms with E-state index in [0.717, 1.165) is 25.7 Å². The van der Waals surface area contributed by atoms with Crippen molar-refractivity contribution in [3.63, 3.8) is 0 Å². The van der Waals surface area contributed by atoms with Gasteiger partial charge in [0.05, 0.1) is 12.7 Å². The fourth-order valence-electron chi connectivity index (χ4n) is 2.33. The Kier molecular flexibility index (Phi) is 4.67. The van der Waals surface area contributed by atoms with Crippen LogP contribution in [0.15, 0.2) is 6.20 Å². The van der Waals surface area contributed by atoms with Gasteiger partial charge in [0.25, 0.3) is 0 Å². The highest BCUT2D eigenvalue weighted by Gasteiger charge is 2.24. The summed E-state index contributed by atoms with van der Waals surface area (Å²) in [6, 6.07) is 0.226. The van der Waals surface area contributed by atoms with Crippen molar-refractivity contribution < 1.29 is 14.7 Å². The van der Waals surface area contributed by atoms with Gasteiger partial charge < -0.3 is 16.2 Å². The van der Waals surface area contributed by atoms with Crippen molar-refractivity contribution in [3.05, 3.63) is 11.9 Å². The van der Waals surface area contributed by atoms with Gasteiger partial charge in [-0.05, 0) is 25.7 Å². The average Bonchev–Trinajstić information content (AvgIpc) is 2.88. The highest BCUT2D eigenvalue weighted by Crippen LogP contribution is 2.22. The number of carboxylic acid groups (broad SMARTS) is 1. The molecule has 0 aromatic carbocycles. The Labute approximate surface area is 116 Å². The van der Waals surface area contributed by atoms with Gasteiger partial charge in [0.2, 0.25) is 5.91 Å². The molecule has 1 aromatic rings. The molecule has 0 radical (unpaired) electrons. The second kappa shape index (κ2) is 6.47. The minimum absolute atomic E-state index is 0.0375. The number of nitrogens with one attached hydrogen (secondary N) is 1. The summed E-state index contributed by atoms with van der Waals surface area (Å²) >= 11 is 0. The molecule has 1 aromatic heterocycles. The number of hydrogen-bond donors (Lipinski definition) is 3. The Bertz CT molecular complexity index is 479. The predicted octanol–water partition coefficient (Wildman–Crippen LogP) is -0.390. The topological polar surface area (TPSA) is 123 Å². The molecule has 0 atom stereocenters. The van der Waals surface area contributed by atoms with Crippen molar-refractivity contribution >= 4 is 11.9 Å². The Morgan fingerprint density at radius 3 is 2.70 bits per heavy atom.